The minimum absolute atomic E-state index is 0.0112. The van der Waals surface area contributed by atoms with Crippen LogP contribution in [-0.2, 0) is 11.2 Å². The average molecular weight is 365 g/mol. The fraction of sp³-hybridized carbons (Fsp3) is 0.316. The number of nitro benzene ring substituents is 1. The molecule has 1 aliphatic heterocycles. The van der Waals surface area contributed by atoms with Gasteiger partial charge < -0.3 is 4.90 Å². The summed E-state index contributed by atoms with van der Waals surface area (Å²) in [7, 11) is 0. The van der Waals surface area contributed by atoms with E-state index in [0.29, 0.717) is 18.7 Å². The highest BCUT2D eigenvalue weighted by Gasteiger charge is 2.28. The quantitative estimate of drug-likeness (QED) is 0.523. The first-order valence-electron chi connectivity index (χ1n) is 8.93. The zero-order chi connectivity index (χ0) is 18.8. The second-order valence-electron chi connectivity index (χ2n) is 6.73. The fourth-order valence-corrected chi connectivity index (χ4v) is 3.67. The van der Waals surface area contributed by atoms with Crippen molar-refractivity contribution >= 4 is 17.2 Å². The van der Waals surface area contributed by atoms with Gasteiger partial charge in [-0.25, -0.2) is 0 Å². The number of hydrogen-bond acceptors (Lipinski definition) is 5. The molecule has 1 fully saturated rings. The lowest BCUT2D eigenvalue weighted by Crippen LogP contribution is -2.40. The van der Waals surface area contributed by atoms with Gasteiger partial charge in [0.25, 0.3) is 5.69 Å². The predicted molar refractivity (Wildman–Crippen MR) is 98.3 cm³/mol. The van der Waals surface area contributed by atoms with E-state index in [0.717, 1.165) is 24.3 Å². The summed E-state index contributed by atoms with van der Waals surface area (Å²) in [5, 5.41) is 19.7. The highest BCUT2D eigenvalue weighted by Crippen LogP contribution is 2.27. The monoisotopic (exact) mass is 365 g/mol. The van der Waals surface area contributed by atoms with Crippen molar-refractivity contribution in [2.45, 2.75) is 25.2 Å². The number of nitro groups is 1. The number of aromatic nitrogens is 3. The Hall–Kier alpha value is -3.29. The van der Waals surface area contributed by atoms with Crippen molar-refractivity contribution in [2.75, 3.05) is 13.1 Å². The minimum atomic E-state index is -0.441. The third kappa shape index (κ3) is 3.38. The van der Waals surface area contributed by atoms with Crippen LogP contribution in [0.5, 0.6) is 0 Å². The number of benzene rings is 1. The molecule has 0 radical (unpaired) electrons. The predicted octanol–water partition coefficient (Wildman–Crippen LogP) is 2.59. The SMILES string of the molecule is O=C(Cc1ccccc1[N+](=O)[O-])N1CCC[C@H](c2nnc3ccccn23)C1. The number of fused-ring (bicyclic) bond motifs is 1. The molecule has 0 N–H and O–H groups in total. The van der Waals surface area contributed by atoms with E-state index in [9.17, 15) is 14.9 Å². The second kappa shape index (κ2) is 7.14. The number of likely N-dealkylation sites (tertiary alicyclic amines) is 1. The lowest BCUT2D eigenvalue weighted by molar-refractivity contribution is -0.385. The molecule has 3 aromatic rings. The molecule has 4 rings (SSSR count). The lowest BCUT2D eigenvalue weighted by atomic mass is 9.96. The van der Waals surface area contributed by atoms with E-state index in [-0.39, 0.29) is 23.9 Å². The number of amides is 1. The van der Waals surface area contributed by atoms with Gasteiger partial charge in [-0.1, -0.05) is 24.3 Å². The number of carbonyl (C=O) groups excluding carboxylic acids is 1. The van der Waals surface area contributed by atoms with E-state index < -0.39 is 4.92 Å². The topological polar surface area (TPSA) is 93.6 Å². The van der Waals surface area contributed by atoms with E-state index in [1.54, 1.807) is 23.1 Å². The Kier molecular flexibility index (Phi) is 4.53. The molecule has 0 saturated carbocycles. The maximum atomic E-state index is 12.8. The van der Waals surface area contributed by atoms with Crippen LogP contribution in [0.1, 0.15) is 30.1 Å². The van der Waals surface area contributed by atoms with Crippen molar-refractivity contribution in [3.63, 3.8) is 0 Å². The van der Waals surface area contributed by atoms with Crippen LogP contribution in [0.4, 0.5) is 5.69 Å². The molecule has 1 amide bonds. The lowest BCUT2D eigenvalue weighted by Gasteiger charge is -2.32. The maximum absolute atomic E-state index is 12.8. The van der Waals surface area contributed by atoms with Gasteiger partial charge in [0, 0.05) is 36.8 Å². The van der Waals surface area contributed by atoms with Crippen LogP contribution < -0.4 is 0 Å². The second-order valence-corrected chi connectivity index (χ2v) is 6.73. The van der Waals surface area contributed by atoms with E-state index in [4.69, 9.17) is 0 Å². The highest BCUT2D eigenvalue weighted by atomic mass is 16.6. The Morgan fingerprint density at radius 2 is 2.00 bits per heavy atom. The van der Waals surface area contributed by atoms with Crippen molar-refractivity contribution in [3.05, 3.63) is 70.2 Å². The highest BCUT2D eigenvalue weighted by molar-refractivity contribution is 5.80. The molecule has 1 aliphatic rings. The van der Waals surface area contributed by atoms with Crippen molar-refractivity contribution in [1.82, 2.24) is 19.5 Å². The van der Waals surface area contributed by atoms with Crippen LogP contribution >= 0.6 is 0 Å². The number of nitrogens with zero attached hydrogens (tertiary/aromatic N) is 5. The summed E-state index contributed by atoms with van der Waals surface area (Å²) in [6.45, 7) is 1.21. The molecule has 27 heavy (non-hydrogen) atoms. The number of carbonyl (C=O) groups is 1. The number of piperidine rings is 1. The third-order valence-electron chi connectivity index (χ3n) is 5.01. The van der Waals surface area contributed by atoms with Gasteiger partial charge in [-0.05, 0) is 25.0 Å². The molecule has 0 spiro atoms. The van der Waals surface area contributed by atoms with Crippen LogP contribution in [0.3, 0.4) is 0 Å². The third-order valence-corrected chi connectivity index (χ3v) is 5.01. The standard InChI is InChI=1S/C19H19N5O3/c25-18(12-14-6-1-2-8-16(14)24(26)27)22-10-5-7-15(13-22)19-21-20-17-9-3-4-11-23(17)19/h1-4,6,8-9,11,15H,5,7,10,12-13H2/t15-/m0/s1. The molecule has 8 nitrogen and oxygen atoms in total. The van der Waals surface area contributed by atoms with Gasteiger partial charge in [0.15, 0.2) is 5.65 Å². The fourth-order valence-electron chi connectivity index (χ4n) is 3.67. The van der Waals surface area contributed by atoms with Gasteiger partial charge in [0.1, 0.15) is 5.82 Å². The zero-order valence-corrected chi connectivity index (χ0v) is 14.7. The Bertz CT molecular complexity index is 1000. The molecule has 3 heterocycles. The van der Waals surface area contributed by atoms with Gasteiger partial charge in [-0.15, -0.1) is 10.2 Å². The van der Waals surface area contributed by atoms with Crippen molar-refractivity contribution < 1.29 is 9.72 Å². The normalized spacial score (nSPS) is 17.2. The first-order chi connectivity index (χ1) is 13.1. The first-order valence-corrected chi connectivity index (χ1v) is 8.93. The van der Waals surface area contributed by atoms with Crippen LogP contribution in [0.15, 0.2) is 48.7 Å². The molecule has 2 aromatic heterocycles. The summed E-state index contributed by atoms with van der Waals surface area (Å²) in [4.78, 5) is 25.3. The van der Waals surface area contributed by atoms with Crippen molar-refractivity contribution in [3.8, 4) is 0 Å². The Morgan fingerprint density at radius 1 is 1.19 bits per heavy atom. The minimum Gasteiger partial charge on any atom is -0.342 e. The molecule has 1 aromatic carbocycles. The molecule has 0 unspecified atom stereocenters. The Labute approximate surface area is 155 Å². The Balaban J connectivity index is 1.52. The van der Waals surface area contributed by atoms with Crippen LogP contribution in [0, 0.1) is 10.1 Å². The molecule has 1 saturated heterocycles. The summed E-state index contributed by atoms with van der Waals surface area (Å²) in [5.74, 6) is 0.863. The van der Waals surface area contributed by atoms with E-state index in [1.165, 1.54) is 6.07 Å². The summed E-state index contributed by atoms with van der Waals surface area (Å²) >= 11 is 0. The molecular weight excluding hydrogens is 346 g/mol. The Morgan fingerprint density at radius 3 is 2.85 bits per heavy atom. The molecule has 1 atom stereocenters. The van der Waals surface area contributed by atoms with Gasteiger partial charge >= 0.3 is 0 Å². The maximum Gasteiger partial charge on any atom is 0.273 e. The molecule has 138 valence electrons. The molecule has 0 aliphatic carbocycles. The van der Waals surface area contributed by atoms with Gasteiger partial charge in [0.2, 0.25) is 5.91 Å². The summed E-state index contributed by atoms with van der Waals surface area (Å²) in [6.07, 6.45) is 3.77. The number of hydrogen-bond donors (Lipinski definition) is 0. The summed E-state index contributed by atoms with van der Waals surface area (Å²) in [5.41, 5.74) is 1.22. The number of pyridine rings is 1. The average Bonchev–Trinajstić information content (AvgIpc) is 3.12. The summed E-state index contributed by atoms with van der Waals surface area (Å²) in [6, 6.07) is 12.2. The van der Waals surface area contributed by atoms with Crippen LogP contribution in [-0.4, -0.2) is 43.4 Å². The molecule has 0 bridgehead atoms. The first kappa shape index (κ1) is 17.1. The van der Waals surface area contributed by atoms with E-state index >= 15 is 0 Å². The number of para-hydroxylation sites is 1. The van der Waals surface area contributed by atoms with Gasteiger partial charge in [-0.3, -0.25) is 19.3 Å². The number of rotatable bonds is 4. The van der Waals surface area contributed by atoms with E-state index in [2.05, 4.69) is 10.2 Å². The summed E-state index contributed by atoms with van der Waals surface area (Å²) < 4.78 is 1.96. The largest absolute Gasteiger partial charge is 0.342 e. The van der Waals surface area contributed by atoms with E-state index in [1.807, 2.05) is 28.8 Å². The van der Waals surface area contributed by atoms with Crippen molar-refractivity contribution in [2.24, 2.45) is 0 Å². The molecule has 8 heteroatoms. The van der Waals surface area contributed by atoms with Crippen LogP contribution in [0.2, 0.25) is 0 Å². The van der Waals surface area contributed by atoms with Gasteiger partial charge in [0.05, 0.1) is 11.3 Å². The van der Waals surface area contributed by atoms with Crippen LogP contribution in [0.25, 0.3) is 5.65 Å². The smallest absolute Gasteiger partial charge is 0.273 e. The van der Waals surface area contributed by atoms with Gasteiger partial charge in [-0.2, -0.15) is 0 Å². The zero-order valence-electron chi connectivity index (χ0n) is 14.7. The van der Waals surface area contributed by atoms with Crippen molar-refractivity contribution in [1.29, 1.82) is 0 Å². The molecular formula is C19H19N5O3.